The van der Waals surface area contributed by atoms with E-state index in [1.165, 1.54) is 11.8 Å². The Labute approximate surface area is 81.9 Å². The zero-order chi connectivity index (χ0) is 10.0. The van der Waals surface area contributed by atoms with Crippen molar-refractivity contribution in [2.24, 2.45) is 5.92 Å². The Hall–Kier alpha value is 0.190. The number of thioether (sulfide) groups is 1. The van der Waals surface area contributed by atoms with Crippen LogP contribution in [0.3, 0.4) is 0 Å². The van der Waals surface area contributed by atoms with E-state index >= 15 is 0 Å². The van der Waals surface area contributed by atoms with Crippen LogP contribution in [0.2, 0.25) is 0 Å². The van der Waals surface area contributed by atoms with Gasteiger partial charge in [0.15, 0.2) is 0 Å². The predicted molar refractivity (Wildman–Crippen MR) is 50.4 cm³/mol. The molecular weight excluding hydrogens is 192 g/mol. The summed E-state index contributed by atoms with van der Waals surface area (Å²) < 4.78 is 5.38. The third kappa shape index (κ3) is 2.16. The summed E-state index contributed by atoms with van der Waals surface area (Å²) in [6.45, 7) is 1.63. The van der Waals surface area contributed by atoms with E-state index in [0.717, 1.165) is 0 Å². The second-order valence-electron chi connectivity index (χ2n) is 3.30. The van der Waals surface area contributed by atoms with Crippen LogP contribution in [0.15, 0.2) is 0 Å². The van der Waals surface area contributed by atoms with Crippen molar-refractivity contribution >= 4 is 11.8 Å². The molecule has 0 aromatic heterocycles. The molecule has 1 saturated heterocycles. The van der Waals surface area contributed by atoms with Crippen molar-refractivity contribution in [1.29, 1.82) is 0 Å². The van der Waals surface area contributed by atoms with Crippen LogP contribution in [0.1, 0.15) is 6.92 Å². The zero-order valence-electron chi connectivity index (χ0n) is 7.75. The number of rotatable bonds is 2. The normalized spacial score (nSPS) is 46.4. The fraction of sp³-hybridized carbons (Fsp3) is 1.00. The van der Waals surface area contributed by atoms with Crippen LogP contribution in [0.25, 0.3) is 0 Å². The van der Waals surface area contributed by atoms with Gasteiger partial charge in [-0.15, -0.1) is 11.8 Å². The summed E-state index contributed by atoms with van der Waals surface area (Å²) in [4.78, 5) is 0. The third-order valence-electron chi connectivity index (χ3n) is 2.48. The zero-order valence-corrected chi connectivity index (χ0v) is 8.57. The lowest BCUT2D eigenvalue weighted by molar-refractivity contribution is -0.175. The molecule has 0 aromatic rings. The van der Waals surface area contributed by atoms with E-state index in [0.29, 0.717) is 0 Å². The van der Waals surface area contributed by atoms with Gasteiger partial charge in [-0.3, -0.25) is 0 Å². The Kier molecular flexibility index (Phi) is 4.00. The van der Waals surface area contributed by atoms with Gasteiger partial charge in [-0.1, -0.05) is 6.92 Å². The van der Waals surface area contributed by atoms with Gasteiger partial charge in [0, 0.05) is 5.92 Å². The number of hydrogen-bond donors (Lipinski definition) is 3. The summed E-state index contributed by atoms with van der Waals surface area (Å²) in [5.74, 6) is -0.233. The minimum absolute atomic E-state index is 0.123. The maximum Gasteiger partial charge on any atom is 0.131 e. The lowest BCUT2D eigenvalue weighted by Crippen LogP contribution is -2.53. The van der Waals surface area contributed by atoms with Gasteiger partial charge in [-0.25, -0.2) is 0 Å². The Morgan fingerprint density at radius 3 is 2.38 bits per heavy atom. The van der Waals surface area contributed by atoms with E-state index in [4.69, 9.17) is 9.84 Å². The standard InChI is InChI=1S/C8H16O4S/c1-4-5(3-9)12-8(13-2)7(11)6(4)10/h4-11H,3H2,1-2H3. The Morgan fingerprint density at radius 2 is 1.92 bits per heavy atom. The molecule has 5 heteroatoms. The molecule has 1 rings (SSSR count). The van der Waals surface area contributed by atoms with Gasteiger partial charge >= 0.3 is 0 Å². The number of aliphatic hydroxyl groups is 3. The highest BCUT2D eigenvalue weighted by Crippen LogP contribution is 2.30. The first-order valence-electron chi connectivity index (χ1n) is 4.27. The first kappa shape index (κ1) is 11.3. The van der Waals surface area contributed by atoms with Crippen LogP contribution in [0, 0.1) is 5.92 Å². The van der Waals surface area contributed by atoms with E-state index in [1.54, 1.807) is 13.2 Å². The summed E-state index contributed by atoms with van der Waals surface area (Å²) in [5, 5.41) is 28.1. The molecular formula is C8H16O4S. The first-order valence-corrected chi connectivity index (χ1v) is 5.55. The number of hydrogen-bond acceptors (Lipinski definition) is 5. The molecule has 4 nitrogen and oxygen atoms in total. The number of ether oxygens (including phenoxy) is 1. The monoisotopic (exact) mass is 208 g/mol. The van der Waals surface area contributed by atoms with Crippen molar-refractivity contribution in [2.75, 3.05) is 12.9 Å². The molecule has 1 aliphatic rings. The lowest BCUT2D eigenvalue weighted by atomic mass is 9.92. The van der Waals surface area contributed by atoms with E-state index in [1.807, 2.05) is 0 Å². The largest absolute Gasteiger partial charge is 0.394 e. The fourth-order valence-corrected chi connectivity index (χ4v) is 2.17. The van der Waals surface area contributed by atoms with Crippen molar-refractivity contribution < 1.29 is 20.1 Å². The van der Waals surface area contributed by atoms with Crippen LogP contribution < -0.4 is 0 Å². The van der Waals surface area contributed by atoms with Crippen molar-refractivity contribution in [3.05, 3.63) is 0 Å². The van der Waals surface area contributed by atoms with Gasteiger partial charge in [-0.2, -0.15) is 0 Å². The molecule has 0 radical (unpaired) electrons. The number of aliphatic hydroxyl groups excluding tert-OH is 3. The first-order chi connectivity index (χ1) is 6.11. The summed E-state index contributed by atoms with van der Waals surface area (Å²) in [6.07, 6.45) is -0.266. The maximum atomic E-state index is 9.59. The SMILES string of the molecule is CSC1OC(CO)C(C)C(O)C1O. The fourth-order valence-electron chi connectivity index (χ4n) is 1.47. The molecule has 3 N–H and O–H groups in total. The van der Waals surface area contributed by atoms with Gasteiger partial charge in [-0.05, 0) is 6.26 Å². The van der Waals surface area contributed by atoms with Gasteiger partial charge in [0.05, 0.1) is 18.8 Å². The Bertz CT molecular complexity index is 146. The van der Waals surface area contributed by atoms with Gasteiger partial charge in [0.1, 0.15) is 11.5 Å². The van der Waals surface area contributed by atoms with Gasteiger partial charge in [0.25, 0.3) is 0 Å². The van der Waals surface area contributed by atoms with Crippen LogP contribution in [-0.2, 0) is 4.74 Å². The summed E-state index contributed by atoms with van der Waals surface area (Å²) in [5.41, 5.74) is -0.441. The highest BCUT2D eigenvalue weighted by molar-refractivity contribution is 7.99. The van der Waals surface area contributed by atoms with E-state index in [-0.39, 0.29) is 18.6 Å². The van der Waals surface area contributed by atoms with Gasteiger partial charge in [0.2, 0.25) is 0 Å². The van der Waals surface area contributed by atoms with Crippen LogP contribution in [0.5, 0.6) is 0 Å². The molecule has 78 valence electrons. The average Bonchev–Trinajstić information content (AvgIpc) is 2.15. The van der Waals surface area contributed by atoms with Gasteiger partial charge < -0.3 is 20.1 Å². The molecule has 0 spiro atoms. The smallest absolute Gasteiger partial charge is 0.131 e. The van der Waals surface area contributed by atoms with Crippen LogP contribution in [0.4, 0.5) is 0 Å². The van der Waals surface area contributed by atoms with Crippen molar-refractivity contribution in [3.63, 3.8) is 0 Å². The molecule has 5 atom stereocenters. The van der Waals surface area contributed by atoms with Crippen molar-refractivity contribution in [3.8, 4) is 0 Å². The molecule has 0 aromatic carbocycles. The maximum absolute atomic E-state index is 9.59. The quantitative estimate of drug-likeness (QED) is 0.566. The minimum atomic E-state index is -0.868. The summed E-state index contributed by atoms with van der Waals surface area (Å²) in [6, 6.07) is 0. The second kappa shape index (κ2) is 4.61. The molecule has 1 aliphatic heterocycles. The molecule has 5 unspecified atom stereocenters. The van der Waals surface area contributed by atoms with E-state index in [2.05, 4.69) is 0 Å². The van der Waals surface area contributed by atoms with Crippen LogP contribution >= 0.6 is 11.8 Å². The molecule has 0 bridgehead atoms. The molecule has 0 aliphatic carbocycles. The second-order valence-corrected chi connectivity index (χ2v) is 4.24. The van der Waals surface area contributed by atoms with Crippen LogP contribution in [-0.4, -0.2) is 51.9 Å². The lowest BCUT2D eigenvalue weighted by Gasteiger charge is -2.40. The molecule has 0 saturated carbocycles. The third-order valence-corrected chi connectivity index (χ3v) is 3.33. The highest BCUT2D eigenvalue weighted by Gasteiger charge is 2.41. The minimum Gasteiger partial charge on any atom is -0.394 e. The molecule has 13 heavy (non-hydrogen) atoms. The molecule has 0 amide bonds. The average molecular weight is 208 g/mol. The summed E-state index contributed by atoms with van der Waals surface area (Å²) in [7, 11) is 0. The highest BCUT2D eigenvalue weighted by atomic mass is 32.2. The van der Waals surface area contributed by atoms with E-state index < -0.39 is 17.6 Å². The van der Waals surface area contributed by atoms with Crippen molar-refractivity contribution in [1.82, 2.24) is 0 Å². The topological polar surface area (TPSA) is 69.9 Å². The molecule has 1 fully saturated rings. The van der Waals surface area contributed by atoms with E-state index in [9.17, 15) is 10.2 Å². The van der Waals surface area contributed by atoms with Crippen molar-refractivity contribution in [2.45, 2.75) is 30.7 Å². The molecule has 1 heterocycles. The predicted octanol–water partition coefficient (Wildman–Crippen LogP) is -0.576. The Balaban J connectivity index is 2.66. The summed E-state index contributed by atoms with van der Waals surface area (Å²) >= 11 is 1.34. The Morgan fingerprint density at radius 1 is 1.31 bits per heavy atom.